The van der Waals surface area contributed by atoms with E-state index < -0.39 is 202 Å². The summed E-state index contributed by atoms with van der Waals surface area (Å²) in [5.74, 6) is -15.5. The van der Waals surface area contributed by atoms with E-state index in [-0.39, 0.29) is 119 Å². The number of fused-ring (bicyclic) bond motifs is 3. The Labute approximate surface area is 774 Å². The first-order valence-corrected chi connectivity index (χ1v) is 46.2. The van der Waals surface area contributed by atoms with Crippen LogP contribution in [0, 0.1) is 97.6 Å². The molecule has 33 nitrogen and oxygen atoms in total. The highest BCUT2D eigenvalue weighted by Crippen LogP contribution is 2.67. The number of hydrogen-bond acceptors (Lipinski definition) is 18. The Balaban J connectivity index is 0.000000271. The van der Waals surface area contributed by atoms with Gasteiger partial charge < -0.3 is 79.3 Å². The predicted molar refractivity (Wildman–Crippen MR) is 491 cm³/mol. The van der Waals surface area contributed by atoms with E-state index in [0.717, 1.165) is 0 Å². The molecule has 4 aliphatic carbocycles. The molecule has 0 aromatic heterocycles. The van der Waals surface area contributed by atoms with Crippen molar-refractivity contribution in [3.8, 4) is 0 Å². The van der Waals surface area contributed by atoms with Crippen LogP contribution in [0.3, 0.4) is 0 Å². The van der Waals surface area contributed by atoms with E-state index in [1.807, 2.05) is 125 Å². The van der Waals surface area contributed by atoms with Gasteiger partial charge in [0, 0.05) is 55.6 Å². The fourth-order valence-electron chi connectivity index (χ4n) is 19.1. The smallest absolute Gasteiger partial charge is 0.316 e. The molecule has 3 heterocycles. The van der Waals surface area contributed by atoms with Crippen molar-refractivity contribution in [1.29, 1.82) is 0 Å². The summed E-state index contributed by atoms with van der Waals surface area (Å²) in [5, 5.41) is 26.9. The van der Waals surface area contributed by atoms with Gasteiger partial charge in [0.15, 0.2) is 17.3 Å². The second kappa shape index (κ2) is 42.5. The zero-order valence-corrected chi connectivity index (χ0v) is 81.5. The van der Waals surface area contributed by atoms with Crippen LogP contribution in [0.25, 0.3) is 0 Å². The number of rotatable bonds is 38. The van der Waals surface area contributed by atoms with Gasteiger partial charge in [0.05, 0.1) is 36.3 Å². The van der Waals surface area contributed by atoms with Gasteiger partial charge in [-0.25, -0.2) is 23.2 Å². The molecule has 3 aliphatic heterocycles. The van der Waals surface area contributed by atoms with Crippen LogP contribution in [0.2, 0.25) is 0 Å². The molecule has 9 rings (SSSR count). The van der Waals surface area contributed by atoms with Gasteiger partial charge in [-0.05, 0) is 105 Å². The number of alkyl halides is 2. The molecular weight excluding hydrogens is 1700 g/mol. The summed E-state index contributed by atoms with van der Waals surface area (Å²) in [6, 6.07) is 3.11. The summed E-state index contributed by atoms with van der Waals surface area (Å²) < 4.78 is 27.4. The van der Waals surface area contributed by atoms with Crippen LogP contribution in [-0.4, -0.2) is 225 Å². The number of carbonyl (C=O) groups is 18. The largest absolute Gasteiger partial charge is 0.363 e. The first kappa shape index (κ1) is 108. The second-order valence-corrected chi connectivity index (χ2v) is 43.1. The number of Topliss-reactive ketones (excluding diaryl/α,β-unsaturated/α-hetero) is 6. The van der Waals surface area contributed by atoms with Gasteiger partial charge in [0.25, 0.3) is 23.6 Å². The molecule has 2 aromatic carbocycles. The quantitative estimate of drug-likeness (QED) is 0.0174. The predicted octanol–water partition coefficient (Wildman–Crippen LogP) is 7.69. The van der Waals surface area contributed by atoms with E-state index in [0.29, 0.717) is 37.1 Å². The summed E-state index contributed by atoms with van der Waals surface area (Å²) in [5.41, 5.74) is 8.26. The fraction of sp³-hybridized carbons (Fsp3) is 0.670. The van der Waals surface area contributed by atoms with Crippen molar-refractivity contribution >= 4 is 106 Å². The van der Waals surface area contributed by atoms with Gasteiger partial charge >= 0.3 is 18.1 Å². The minimum atomic E-state index is -2.99. The van der Waals surface area contributed by atoms with E-state index in [2.05, 4.69) is 59.7 Å². The Hall–Kier alpha value is -10.9. The topological polar surface area (TPSA) is 489 Å². The number of carbonyl (C=O) groups excluding carboxylic acids is 18. The van der Waals surface area contributed by atoms with Crippen molar-refractivity contribution in [2.45, 2.75) is 290 Å². The van der Waals surface area contributed by atoms with Crippen LogP contribution in [0.4, 0.5) is 23.2 Å². The Kier molecular flexibility index (Phi) is 34.9. The number of primary amides is 2. The van der Waals surface area contributed by atoms with Gasteiger partial charge in [-0.3, -0.25) is 71.9 Å². The van der Waals surface area contributed by atoms with Crippen LogP contribution in [-0.2, 0) is 62.3 Å². The molecule has 19 atom stereocenters. The number of piperidine rings is 3. The average molecular weight is 1850 g/mol. The lowest BCUT2D eigenvalue weighted by Gasteiger charge is -2.38. The Morgan fingerprint density at radius 3 is 0.992 bits per heavy atom. The third-order valence-electron chi connectivity index (χ3n) is 27.5. The third-order valence-corrected chi connectivity index (χ3v) is 27.5. The molecule has 14 N–H and O–H groups in total. The maximum absolute atomic E-state index is 14.2. The summed E-state index contributed by atoms with van der Waals surface area (Å²) in [7, 11) is 0. The molecule has 0 radical (unpaired) electrons. The van der Waals surface area contributed by atoms with E-state index in [1.165, 1.54) is 20.8 Å². The second-order valence-electron chi connectivity index (χ2n) is 43.1. The van der Waals surface area contributed by atoms with Crippen molar-refractivity contribution in [3.05, 3.63) is 84.4 Å². The van der Waals surface area contributed by atoms with Gasteiger partial charge in [0.2, 0.25) is 52.8 Å². The normalized spacial score (nSPS) is 23.7. The monoisotopic (exact) mass is 1850 g/mol. The van der Waals surface area contributed by atoms with Crippen molar-refractivity contribution in [1.82, 2.24) is 67.9 Å². The molecule has 4 saturated carbocycles. The van der Waals surface area contributed by atoms with Crippen molar-refractivity contribution in [3.63, 3.8) is 0 Å². The summed E-state index contributed by atoms with van der Waals surface area (Å²) in [6.07, 6.45) is 2.12. The van der Waals surface area contributed by atoms with Crippen LogP contribution in [0.15, 0.2) is 73.3 Å². The Morgan fingerprint density at radius 2 is 0.727 bits per heavy atom. The highest BCUT2D eigenvalue weighted by molar-refractivity contribution is 6.39. The fourth-order valence-corrected chi connectivity index (χ4v) is 19.1. The molecule has 7 fully saturated rings. The van der Waals surface area contributed by atoms with E-state index in [9.17, 15) is 95.1 Å². The van der Waals surface area contributed by atoms with Crippen molar-refractivity contribution in [2.24, 2.45) is 109 Å². The number of likely N-dealkylation sites (tertiary alicyclic amines) is 3. The highest BCUT2D eigenvalue weighted by Gasteiger charge is 2.73. The van der Waals surface area contributed by atoms with Crippen LogP contribution >= 0.6 is 0 Å². The molecule has 4 unspecified atom stereocenters. The highest BCUT2D eigenvalue weighted by atomic mass is 19.3. The van der Waals surface area contributed by atoms with Crippen molar-refractivity contribution in [2.75, 3.05) is 26.2 Å². The van der Waals surface area contributed by atoms with Crippen molar-refractivity contribution < 1.29 is 95.1 Å². The third kappa shape index (κ3) is 25.3. The minimum absolute atomic E-state index is 0.0616. The van der Waals surface area contributed by atoms with E-state index in [4.69, 9.17) is 11.5 Å². The number of benzene rings is 2. The standard InChI is InChI=1S/C33H45F2N5O6.C32H47N5O6.C32H53N5O6/c1-16(2)22(24(41)17-11-9-8-10-12-17)38-30(46)39-26(31(3,4)5)29(45)40-15-19-21(32(19,6)7)23(40)28(44)37-20(25(42)27(36)43)13-18-14-33(18,34)35;1-9-13-20(25(39)27(33)40)34-28(41)23-21-19(32(21,7)8)16-37(23)29(42)26(31(4,5)6)36-30(43)35-22(17(2)3)24(38)18-14-11-10-12-15-18;1-12-14-20(25(39)28(41)33-15-13-2)34-27(40)23-21-19(32(21,10)11)16-37(23)29(42)26(31(7,8)9)36-30(43)35-22(17(3)4)24(38)18(5)6/h8-12,16,18-23,26H,13-15H2,1-7H3,(H2,36,43)(H,37,44)(H2,38,39,46);10-12,14-15,17,19-23,26H,9,13,16H2,1-8H3,(H2,33,40)(H,34,41)(H2,35,36,43);13,17-23,26H,2,12,14-16H2,1,3-11H3,(H,33,41)(H,34,40)(H2,35,36,43)/t18?,19-,20?,21-,22-,23-,26+;2*19-,20?,21-,22-,23-,26+/m000/s1. The average Bonchev–Trinajstić information content (AvgIpc) is 1.53. The number of nitrogens with one attached hydrogen (secondary N) is 10. The summed E-state index contributed by atoms with van der Waals surface area (Å²) in [4.78, 5) is 241. The first-order chi connectivity index (χ1) is 60.9. The molecule has 7 aliphatic rings. The molecule has 0 spiro atoms. The number of urea groups is 3. The number of halogens is 2. The molecule has 2 aromatic rings. The molecule has 730 valence electrons. The van der Waals surface area contributed by atoms with Crippen LogP contribution in [0.5, 0.6) is 0 Å². The molecule has 15 amide bonds. The minimum Gasteiger partial charge on any atom is -0.363 e. The first-order valence-electron chi connectivity index (χ1n) is 46.2. The Bertz CT molecular complexity index is 4690. The lowest BCUT2D eigenvalue weighted by Crippen LogP contribution is -2.62. The number of hydrogen-bond donors (Lipinski definition) is 12. The van der Waals surface area contributed by atoms with Gasteiger partial charge in [-0.1, -0.05) is 253 Å². The number of ketones is 6. The van der Waals surface area contributed by atoms with Crippen LogP contribution < -0.4 is 64.6 Å². The number of nitrogens with two attached hydrogens (primary N) is 2. The molecular formula is C97H145F2N15O18. The van der Waals surface area contributed by atoms with Gasteiger partial charge in [-0.2, -0.15) is 0 Å². The molecule has 0 bridgehead atoms. The molecule has 35 heteroatoms. The number of nitrogens with zero attached hydrogens (tertiary/aromatic N) is 3. The molecule has 132 heavy (non-hydrogen) atoms. The Morgan fingerprint density at radius 1 is 0.439 bits per heavy atom. The summed E-state index contributed by atoms with van der Waals surface area (Å²) in [6.45, 7) is 50.8. The lowest BCUT2D eigenvalue weighted by atomic mass is 9.85. The maximum Gasteiger partial charge on any atom is 0.316 e. The van der Waals surface area contributed by atoms with Gasteiger partial charge in [0.1, 0.15) is 36.3 Å². The zero-order valence-electron chi connectivity index (χ0n) is 81.5. The maximum atomic E-state index is 14.2. The van der Waals surface area contributed by atoms with Gasteiger partial charge in [-0.15, -0.1) is 6.58 Å². The summed E-state index contributed by atoms with van der Waals surface area (Å²) >= 11 is 0. The van der Waals surface area contributed by atoms with Crippen LogP contribution in [0.1, 0.15) is 232 Å². The lowest BCUT2D eigenvalue weighted by molar-refractivity contribution is -0.145. The SMILES string of the molecule is C=CCNC(=O)C(=O)C(CCC)NC(=O)[C@@H]1[C@@H]2[C@H](CN1C(=O)[C@@H](NC(=O)N[C@H](C(=O)C(C)C)C(C)C)C(C)(C)C)C2(C)C.CC(C)[C@H](NC(=O)N[C@H](C(=O)N1C[C@H]2[C@@H]([C@H]1C(=O)NC(CC1CC1(F)F)C(=O)C(N)=O)C2(C)C)C(C)(C)C)C(=O)c1ccccc1.CCCC(NC(=O)[C@@H]1[C@@H]2[C@H](CN1C(=O)[C@@H](NC(=O)N[C@H](C(=O)c1ccccc1)C(C)C)C(C)(C)C)C2(C)C)C(=O)C(N)=O. The zero-order chi connectivity index (χ0) is 100.0. The van der Waals surface area contributed by atoms with E-state index in [1.54, 1.807) is 109 Å². The van der Waals surface area contributed by atoms with E-state index >= 15 is 0 Å². The number of amides is 15. The molecule has 3 saturated heterocycles.